The highest BCUT2D eigenvalue weighted by Crippen LogP contribution is 2.04. The van der Waals surface area contributed by atoms with E-state index in [0.717, 1.165) is 39.3 Å². The molecule has 1 heterocycles. The first kappa shape index (κ1) is 11.3. The van der Waals surface area contributed by atoms with E-state index in [1.807, 2.05) is 18.9 Å². The molecule has 0 bridgehead atoms. The van der Waals surface area contributed by atoms with Crippen LogP contribution < -0.4 is 0 Å². The Morgan fingerprint density at radius 2 is 1.79 bits per heavy atom. The Bertz CT molecular complexity index is 188. The maximum Gasteiger partial charge on any atom is 0.319 e. The predicted molar refractivity (Wildman–Crippen MR) is 57.4 cm³/mol. The number of rotatable bonds is 2. The topological polar surface area (TPSA) is 26.8 Å². The van der Waals surface area contributed by atoms with Gasteiger partial charge in [0.15, 0.2) is 0 Å². The van der Waals surface area contributed by atoms with Crippen molar-refractivity contribution in [1.29, 1.82) is 0 Å². The molecule has 4 heteroatoms. The van der Waals surface area contributed by atoms with E-state index in [4.69, 9.17) is 0 Å². The van der Waals surface area contributed by atoms with E-state index in [9.17, 15) is 4.79 Å². The number of carbonyl (C=O) groups is 1. The summed E-state index contributed by atoms with van der Waals surface area (Å²) in [6.07, 6.45) is 0. The highest BCUT2D eigenvalue weighted by molar-refractivity contribution is 5.74. The van der Waals surface area contributed by atoms with Crippen molar-refractivity contribution >= 4 is 6.03 Å². The van der Waals surface area contributed by atoms with Crippen molar-refractivity contribution in [3.05, 3.63) is 0 Å². The predicted octanol–water partition coefficient (Wildman–Crippen LogP) is 0.696. The normalized spacial score (nSPS) is 18.4. The minimum Gasteiger partial charge on any atom is -0.328 e. The van der Waals surface area contributed by atoms with Crippen molar-refractivity contribution in [2.75, 3.05) is 46.3 Å². The third kappa shape index (κ3) is 2.61. The van der Waals surface area contributed by atoms with Crippen LogP contribution in [0.25, 0.3) is 0 Å². The summed E-state index contributed by atoms with van der Waals surface area (Å²) in [6.45, 7) is 9.81. The monoisotopic (exact) mass is 199 g/mol. The van der Waals surface area contributed by atoms with Gasteiger partial charge in [-0.25, -0.2) is 4.79 Å². The lowest BCUT2D eigenvalue weighted by Gasteiger charge is -2.35. The van der Waals surface area contributed by atoms with Gasteiger partial charge in [0.1, 0.15) is 0 Å². The molecule has 0 saturated carbocycles. The molecule has 0 aromatic carbocycles. The SMILES string of the molecule is CCN1CCN(C(=O)N(C)CC)CC1. The summed E-state index contributed by atoms with van der Waals surface area (Å²) in [4.78, 5) is 17.8. The Kier molecular flexibility index (Phi) is 4.20. The quantitative estimate of drug-likeness (QED) is 0.654. The minimum atomic E-state index is 0.170. The molecule has 1 aliphatic heterocycles. The van der Waals surface area contributed by atoms with Gasteiger partial charge < -0.3 is 14.7 Å². The summed E-state index contributed by atoms with van der Waals surface area (Å²) in [5.41, 5.74) is 0. The van der Waals surface area contributed by atoms with Gasteiger partial charge in [-0.2, -0.15) is 0 Å². The molecule has 1 aliphatic rings. The summed E-state index contributed by atoms with van der Waals surface area (Å²) in [6, 6.07) is 0.170. The number of hydrogen-bond acceptors (Lipinski definition) is 2. The molecule has 2 amide bonds. The van der Waals surface area contributed by atoms with Crippen LogP contribution in [-0.4, -0.2) is 67.0 Å². The van der Waals surface area contributed by atoms with Crippen molar-refractivity contribution in [1.82, 2.24) is 14.7 Å². The number of hydrogen-bond donors (Lipinski definition) is 0. The van der Waals surface area contributed by atoms with Crippen LogP contribution in [0.2, 0.25) is 0 Å². The molecule has 14 heavy (non-hydrogen) atoms. The number of likely N-dealkylation sites (N-methyl/N-ethyl adjacent to an activating group) is 1. The van der Waals surface area contributed by atoms with Crippen molar-refractivity contribution < 1.29 is 4.79 Å². The molecule has 4 nitrogen and oxygen atoms in total. The van der Waals surface area contributed by atoms with E-state index in [-0.39, 0.29) is 6.03 Å². The van der Waals surface area contributed by atoms with Crippen molar-refractivity contribution in [2.24, 2.45) is 0 Å². The van der Waals surface area contributed by atoms with Crippen LogP contribution in [0, 0.1) is 0 Å². The first-order valence-corrected chi connectivity index (χ1v) is 5.41. The van der Waals surface area contributed by atoms with Crippen molar-refractivity contribution in [3.8, 4) is 0 Å². The third-order valence-corrected chi connectivity index (χ3v) is 2.89. The maximum atomic E-state index is 11.8. The second-order valence-corrected chi connectivity index (χ2v) is 3.72. The molecule has 82 valence electrons. The van der Waals surface area contributed by atoms with Gasteiger partial charge >= 0.3 is 6.03 Å². The minimum absolute atomic E-state index is 0.170. The van der Waals surface area contributed by atoms with E-state index in [2.05, 4.69) is 11.8 Å². The Labute approximate surface area is 86.5 Å². The molecule has 0 unspecified atom stereocenters. The Morgan fingerprint density at radius 1 is 1.21 bits per heavy atom. The lowest BCUT2D eigenvalue weighted by Crippen LogP contribution is -2.51. The lowest BCUT2D eigenvalue weighted by molar-refractivity contribution is 0.122. The van der Waals surface area contributed by atoms with Crippen LogP contribution in [0.15, 0.2) is 0 Å². The van der Waals surface area contributed by atoms with Gasteiger partial charge in [-0.1, -0.05) is 6.92 Å². The zero-order valence-corrected chi connectivity index (χ0v) is 9.49. The van der Waals surface area contributed by atoms with Gasteiger partial charge in [0.2, 0.25) is 0 Å². The van der Waals surface area contributed by atoms with E-state index in [1.54, 1.807) is 4.90 Å². The molecule has 0 aromatic rings. The largest absolute Gasteiger partial charge is 0.328 e. The average Bonchev–Trinajstić information content (AvgIpc) is 2.27. The first-order valence-electron chi connectivity index (χ1n) is 5.41. The molecule has 1 saturated heterocycles. The molecule has 0 N–H and O–H groups in total. The second kappa shape index (κ2) is 5.20. The van der Waals surface area contributed by atoms with E-state index < -0.39 is 0 Å². The molecule has 0 aliphatic carbocycles. The van der Waals surface area contributed by atoms with E-state index >= 15 is 0 Å². The van der Waals surface area contributed by atoms with E-state index in [1.165, 1.54) is 0 Å². The molecule has 0 aromatic heterocycles. The first-order chi connectivity index (χ1) is 6.69. The van der Waals surface area contributed by atoms with Gasteiger partial charge in [0.25, 0.3) is 0 Å². The molecular weight excluding hydrogens is 178 g/mol. The van der Waals surface area contributed by atoms with E-state index in [0.29, 0.717) is 0 Å². The fourth-order valence-corrected chi connectivity index (χ4v) is 1.63. The zero-order valence-electron chi connectivity index (χ0n) is 9.49. The summed E-state index contributed by atoms with van der Waals surface area (Å²) in [7, 11) is 1.86. The number of nitrogens with zero attached hydrogens (tertiary/aromatic N) is 3. The Morgan fingerprint density at radius 3 is 2.21 bits per heavy atom. The standard InChI is InChI=1S/C10H21N3O/c1-4-11(3)10(14)13-8-6-12(5-2)7-9-13/h4-9H2,1-3H3. The van der Waals surface area contributed by atoms with Gasteiger partial charge in [0.05, 0.1) is 0 Å². The molecule has 0 spiro atoms. The number of amides is 2. The average molecular weight is 199 g/mol. The van der Waals surface area contributed by atoms with Crippen LogP contribution in [0.1, 0.15) is 13.8 Å². The van der Waals surface area contributed by atoms with Gasteiger partial charge in [-0.15, -0.1) is 0 Å². The highest BCUT2D eigenvalue weighted by Gasteiger charge is 2.21. The van der Waals surface area contributed by atoms with Gasteiger partial charge in [0, 0.05) is 39.8 Å². The van der Waals surface area contributed by atoms with Crippen molar-refractivity contribution in [3.63, 3.8) is 0 Å². The van der Waals surface area contributed by atoms with Gasteiger partial charge in [-0.3, -0.25) is 0 Å². The Balaban J connectivity index is 2.37. The van der Waals surface area contributed by atoms with Gasteiger partial charge in [-0.05, 0) is 13.5 Å². The number of piperazine rings is 1. The molecule has 0 radical (unpaired) electrons. The Hall–Kier alpha value is -0.770. The maximum absolute atomic E-state index is 11.8. The smallest absolute Gasteiger partial charge is 0.319 e. The molecule has 1 rings (SSSR count). The molecule has 1 fully saturated rings. The van der Waals surface area contributed by atoms with Crippen LogP contribution in [0.4, 0.5) is 4.79 Å². The zero-order chi connectivity index (χ0) is 10.6. The summed E-state index contributed by atoms with van der Waals surface area (Å²) in [5.74, 6) is 0. The second-order valence-electron chi connectivity index (χ2n) is 3.72. The molecule has 0 atom stereocenters. The van der Waals surface area contributed by atoms with Crippen LogP contribution in [0.5, 0.6) is 0 Å². The summed E-state index contributed by atoms with van der Waals surface area (Å²) < 4.78 is 0. The third-order valence-electron chi connectivity index (χ3n) is 2.89. The number of carbonyl (C=O) groups excluding carboxylic acids is 1. The lowest BCUT2D eigenvalue weighted by atomic mass is 10.3. The fourth-order valence-electron chi connectivity index (χ4n) is 1.63. The molecular formula is C10H21N3O. The number of urea groups is 1. The summed E-state index contributed by atoms with van der Waals surface area (Å²) >= 11 is 0. The van der Waals surface area contributed by atoms with Crippen LogP contribution in [0.3, 0.4) is 0 Å². The van der Waals surface area contributed by atoms with Crippen molar-refractivity contribution in [2.45, 2.75) is 13.8 Å². The van der Waals surface area contributed by atoms with Crippen LogP contribution in [-0.2, 0) is 0 Å². The fraction of sp³-hybridized carbons (Fsp3) is 0.900. The van der Waals surface area contributed by atoms with Crippen LogP contribution >= 0.6 is 0 Å². The highest BCUT2D eigenvalue weighted by atomic mass is 16.2. The summed E-state index contributed by atoms with van der Waals surface area (Å²) in [5, 5.41) is 0.